The van der Waals surface area contributed by atoms with Crippen LogP contribution < -0.4 is 0 Å². The van der Waals surface area contributed by atoms with Crippen LogP contribution in [0.3, 0.4) is 0 Å². The predicted octanol–water partition coefficient (Wildman–Crippen LogP) is 1.96. The van der Waals surface area contributed by atoms with Crippen molar-refractivity contribution < 1.29 is 4.79 Å². The standard InChI is InChI=1S/C10H17NO/c1-4-5-10(12)11-8(2)6-7-9(11)3/h4-5,8-9H,6-7H2,1-3H3/b5-4+. The fourth-order valence-electron chi connectivity index (χ4n) is 1.86. The first-order chi connectivity index (χ1) is 5.66. The van der Waals surface area contributed by atoms with E-state index in [-0.39, 0.29) is 5.91 Å². The van der Waals surface area contributed by atoms with Crippen molar-refractivity contribution in [2.24, 2.45) is 0 Å². The van der Waals surface area contributed by atoms with E-state index in [0.29, 0.717) is 12.1 Å². The highest BCUT2D eigenvalue weighted by Gasteiger charge is 2.29. The summed E-state index contributed by atoms with van der Waals surface area (Å²) in [7, 11) is 0. The van der Waals surface area contributed by atoms with Crippen LogP contribution in [-0.4, -0.2) is 22.9 Å². The lowest BCUT2D eigenvalue weighted by atomic mass is 10.2. The number of hydrogen-bond donors (Lipinski definition) is 0. The third-order valence-electron chi connectivity index (χ3n) is 2.52. The number of carbonyl (C=O) groups excluding carboxylic acids is 1. The Labute approximate surface area is 74.2 Å². The monoisotopic (exact) mass is 167 g/mol. The summed E-state index contributed by atoms with van der Waals surface area (Å²) in [6.45, 7) is 6.11. The fraction of sp³-hybridized carbons (Fsp3) is 0.700. The minimum absolute atomic E-state index is 0.162. The molecule has 0 bridgehead atoms. The van der Waals surface area contributed by atoms with E-state index in [1.54, 1.807) is 12.2 Å². The van der Waals surface area contributed by atoms with Crippen LogP contribution in [0.2, 0.25) is 0 Å². The Morgan fingerprint density at radius 3 is 2.25 bits per heavy atom. The minimum atomic E-state index is 0.162. The van der Waals surface area contributed by atoms with E-state index in [1.807, 2.05) is 11.8 Å². The second kappa shape index (κ2) is 3.74. The van der Waals surface area contributed by atoms with Gasteiger partial charge in [-0.1, -0.05) is 6.08 Å². The van der Waals surface area contributed by atoms with Crippen molar-refractivity contribution in [2.45, 2.75) is 45.7 Å². The molecule has 1 rings (SSSR count). The van der Waals surface area contributed by atoms with Crippen LogP contribution in [0.5, 0.6) is 0 Å². The zero-order chi connectivity index (χ0) is 9.14. The van der Waals surface area contributed by atoms with Gasteiger partial charge in [0.2, 0.25) is 5.91 Å². The van der Waals surface area contributed by atoms with Gasteiger partial charge in [0.1, 0.15) is 0 Å². The quantitative estimate of drug-likeness (QED) is 0.547. The molecule has 2 nitrogen and oxygen atoms in total. The number of rotatable bonds is 1. The summed E-state index contributed by atoms with van der Waals surface area (Å²) in [5.74, 6) is 0.162. The number of allylic oxidation sites excluding steroid dienone is 1. The smallest absolute Gasteiger partial charge is 0.246 e. The molecule has 0 N–H and O–H groups in total. The van der Waals surface area contributed by atoms with Gasteiger partial charge in [-0.15, -0.1) is 0 Å². The van der Waals surface area contributed by atoms with E-state index in [2.05, 4.69) is 13.8 Å². The zero-order valence-electron chi connectivity index (χ0n) is 8.08. The Bertz CT molecular complexity index is 188. The van der Waals surface area contributed by atoms with E-state index in [9.17, 15) is 4.79 Å². The molecule has 2 atom stereocenters. The summed E-state index contributed by atoms with van der Waals surface area (Å²) in [6.07, 6.45) is 5.74. The number of nitrogens with zero attached hydrogens (tertiary/aromatic N) is 1. The van der Waals surface area contributed by atoms with Crippen molar-refractivity contribution in [1.82, 2.24) is 4.90 Å². The highest BCUT2D eigenvalue weighted by Crippen LogP contribution is 2.23. The van der Waals surface area contributed by atoms with E-state index in [1.165, 1.54) is 0 Å². The molecule has 1 aliphatic heterocycles. The van der Waals surface area contributed by atoms with Gasteiger partial charge in [-0.25, -0.2) is 0 Å². The number of hydrogen-bond acceptors (Lipinski definition) is 1. The first kappa shape index (κ1) is 9.30. The highest BCUT2D eigenvalue weighted by atomic mass is 16.2. The average Bonchev–Trinajstić information content (AvgIpc) is 2.32. The van der Waals surface area contributed by atoms with Crippen LogP contribution >= 0.6 is 0 Å². The Hall–Kier alpha value is -0.790. The molecule has 12 heavy (non-hydrogen) atoms. The van der Waals surface area contributed by atoms with Crippen molar-refractivity contribution >= 4 is 5.91 Å². The molecule has 1 fully saturated rings. The molecule has 0 aromatic carbocycles. The maximum atomic E-state index is 11.5. The Morgan fingerprint density at radius 1 is 1.33 bits per heavy atom. The van der Waals surface area contributed by atoms with Gasteiger partial charge >= 0.3 is 0 Å². The summed E-state index contributed by atoms with van der Waals surface area (Å²) in [4.78, 5) is 13.5. The SMILES string of the molecule is C/C=C/C(=O)N1C(C)CCC1C. The number of carbonyl (C=O) groups is 1. The first-order valence-electron chi connectivity index (χ1n) is 4.61. The summed E-state index contributed by atoms with van der Waals surface area (Å²) >= 11 is 0. The second-order valence-electron chi connectivity index (χ2n) is 3.52. The minimum Gasteiger partial charge on any atom is -0.334 e. The molecular formula is C10H17NO. The van der Waals surface area contributed by atoms with Crippen LogP contribution in [0.25, 0.3) is 0 Å². The normalized spacial score (nSPS) is 30.1. The van der Waals surface area contributed by atoms with Crippen LogP contribution in [0.15, 0.2) is 12.2 Å². The molecule has 0 radical (unpaired) electrons. The van der Waals surface area contributed by atoms with Gasteiger partial charge in [-0.05, 0) is 39.7 Å². The molecule has 0 spiro atoms. The molecule has 1 heterocycles. The van der Waals surface area contributed by atoms with E-state index >= 15 is 0 Å². The van der Waals surface area contributed by atoms with Gasteiger partial charge in [-0.2, -0.15) is 0 Å². The molecular weight excluding hydrogens is 150 g/mol. The van der Waals surface area contributed by atoms with Crippen molar-refractivity contribution in [3.05, 3.63) is 12.2 Å². The third-order valence-corrected chi connectivity index (χ3v) is 2.52. The van der Waals surface area contributed by atoms with Crippen molar-refractivity contribution in [1.29, 1.82) is 0 Å². The van der Waals surface area contributed by atoms with Gasteiger partial charge < -0.3 is 4.90 Å². The zero-order valence-corrected chi connectivity index (χ0v) is 8.08. The molecule has 68 valence electrons. The Balaban J connectivity index is 2.65. The predicted molar refractivity (Wildman–Crippen MR) is 49.8 cm³/mol. The molecule has 0 aromatic heterocycles. The summed E-state index contributed by atoms with van der Waals surface area (Å²) < 4.78 is 0. The average molecular weight is 167 g/mol. The van der Waals surface area contributed by atoms with Crippen LogP contribution in [0, 0.1) is 0 Å². The second-order valence-corrected chi connectivity index (χ2v) is 3.52. The summed E-state index contributed by atoms with van der Waals surface area (Å²) in [5.41, 5.74) is 0. The molecule has 0 aliphatic carbocycles. The van der Waals surface area contributed by atoms with Crippen molar-refractivity contribution in [2.75, 3.05) is 0 Å². The Morgan fingerprint density at radius 2 is 1.83 bits per heavy atom. The molecule has 1 aliphatic rings. The van der Waals surface area contributed by atoms with E-state index < -0.39 is 0 Å². The summed E-state index contributed by atoms with van der Waals surface area (Å²) in [6, 6.07) is 0.840. The topological polar surface area (TPSA) is 20.3 Å². The lowest BCUT2D eigenvalue weighted by Gasteiger charge is -2.24. The van der Waals surface area contributed by atoms with Crippen molar-refractivity contribution in [3.8, 4) is 0 Å². The molecule has 2 heteroatoms. The largest absolute Gasteiger partial charge is 0.334 e. The lowest BCUT2D eigenvalue weighted by molar-refractivity contribution is -0.128. The number of likely N-dealkylation sites (tertiary alicyclic amines) is 1. The summed E-state index contributed by atoms with van der Waals surface area (Å²) in [5, 5.41) is 0. The van der Waals surface area contributed by atoms with Gasteiger partial charge in [0.15, 0.2) is 0 Å². The first-order valence-corrected chi connectivity index (χ1v) is 4.61. The fourth-order valence-corrected chi connectivity index (χ4v) is 1.86. The van der Waals surface area contributed by atoms with E-state index in [4.69, 9.17) is 0 Å². The van der Waals surface area contributed by atoms with Crippen molar-refractivity contribution in [3.63, 3.8) is 0 Å². The van der Waals surface area contributed by atoms with Gasteiger partial charge in [0, 0.05) is 12.1 Å². The molecule has 0 saturated carbocycles. The Kier molecular flexibility index (Phi) is 2.90. The molecule has 2 unspecified atom stereocenters. The van der Waals surface area contributed by atoms with E-state index in [0.717, 1.165) is 12.8 Å². The van der Waals surface area contributed by atoms with Gasteiger partial charge in [0.25, 0.3) is 0 Å². The maximum absolute atomic E-state index is 11.5. The van der Waals surface area contributed by atoms with Crippen LogP contribution in [0.4, 0.5) is 0 Å². The van der Waals surface area contributed by atoms with Gasteiger partial charge in [-0.3, -0.25) is 4.79 Å². The van der Waals surface area contributed by atoms with Crippen LogP contribution in [0.1, 0.15) is 33.6 Å². The van der Waals surface area contributed by atoms with Crippen LogP contribution in [-0.2, 0) is 4.79 Å². The molecule has 1 amide bonds. The number of amides is 1. The lowest BCUT2D eigenvalue weighted by Crippen LogP contribution is -2.37. The molecule has 0 aromatic rings. The maximum Gasteiger partial charge on any atom is 0.246 e. The highest BCUT2D eigenvalue weighted by molar-refractivity contribution is 5.88. The van der Waals surface area contributed by atoms with Gasteiger partial charge in [0.05, 0.1) is 0 Å². The molecule has 1 saturated heterocycles. The third kappa shape index (κ3) is 1.68.